The first kappa shape index (κ1) is 18.3. The Balaban J connectivity index is 1.57. The highest BCUT2D eigenvalue weighted by molar-refractivity contribution is 7.98. The number of nitrogens with zero attached hydrogens (tertiary/aromatic N) is 2. The number of halogens is 1. The molecular formula is C19H20FN3O2S. The van der Waals surface area contributed by atoms with Gasteiger partial charge in [-0.05, 0) is 36.6 Å². The molecule has 1 fully saturated rings. The van der Waals surface area contributed by atoms with E-state index >= 15 is 0 Å². The summed E-state index contributed by atoms with van der Waals surface area (Å²) in [5.41, 5.74) is 1.12. The third kappa shape index (κ3) is 4.16. The van der Waals surface area contributed by atoms with Gasteiger partial charge in [-0.1, -0.05) is 18.2 Å². The van der Waals surface area contributed by atoms with Crippen LogP contribution in [0.3, 0.4) is 0 Å². The number of nitrogens with one attached hydrogen (secondary N) is 1. The summed E-state index contributed by atoms with van der Waals surface area (Å²) in [6, 6.07) is 13.9. The number of para-hydroxylation sites is 1. The Morgan fingerprint density at radius 1 is 1.04 bits per heavy atom. The lowest BCUT2D eigenvalue weighted by molar-refractivity contribution is -0.143. The quantitative estimate of drug-likeness (QED) is 0.664. The average molecular weight is 373 g/mol. The smallest absolute Gasteiger partial charge is 0.313 e. The summed E-state index contributed by atoms with van der Waals surface area (Å²) in [4.78, 5) is 29.0. The van der Waals surface area contributed by atoms with Gasteiger partial charge >= 0.3 is 11.8 Å². The van der Waals surface area contributed by atoms with E-state index in [1.165, 1.54) is 11.0 Å². The fourth-order valence-electron chi connectivity index (χ4n) is 2.89. The Bertz CT molecular complexity index is 807. The molecule has 1 aliphatic rings. The monoisotopic (exact) mass is 373 g/mol. The van der Waals surface area contributed by atoms with E-state index in [4.69, 9.17) is 0 Å². The summed E-state index contributed by atoms with van der Waals surface area (Å²) in [6.45, 7) is 1.74. The Labute approximate surface area is 156 Å². The van der Waals surface area contributed by atoms with Crippen LogP contribution in [-0.2, 0) is 9.59 Å². The molecule has 5 nitrogen and oxygen atoms in total. The van der Waals surface area contributed by atoms with Crippen molar-refractivity contribution in [3.63, 3.8) is 0 Å². The normalized spacial score (nSPS) is 14.2. The van der Waals surface area contributed by atoms with Crippen LogP contribution in [0.5, 0.6) is 0 Å². The Hall–Kier alpha value is -2.54. The molecule has 2 aromatic rings. The van der Waals surface area contributed by atoms with Crippen molar-refractivity contribution in [1.82, 2.24) is 4.90 Å². The maximum atomic E-state index is 13.9. The number of hydrogen-bond donors (Lipinski definition) is 1. The number of anilines is 2. The molecule has 0 saturated carbocycles. The highest BCUT2D eigenvalue weighted by Crippen LogP contribution is 2.21. The summed E-state index contributed by atoms with van der Waals surface area (Å²) >= 11 is 1.56. The first-order chi connectivity index (χ1) is 12.6. The molecule has 1 N–H and O–H groups in total. The summed E-state index contributed by atoms with van der Waals surface area (Å²) in [5, 5.41) is 2.65. The van der Waals surface area contributed by atoms with E-state index in [9.17, 15) is 14.0 Å². The predicted octanol–water partition coefficient (Wildman–Crippen LogP) is 2.83. The third-order valence-corrected chi connectivity index (χ3v) is 5.01. The lowest BCUT2D eigenvalue weighted by Crippen LogP contribution is -2.51. The predicted molar refractivity (Wildman–Crippen MR) is 102 cm³/mol. The SMILES string of the molecule is CSc1cccc(NC(=O)C(=O)N2CCN(c3ccccc3F)CC2)c1. The zero-order chi connectivity index (χ0) is 18.5. The number of piperazine rings is 1. The van der Waals surface area contributed by atoms with E-state index in [1.54, 1.807) is 36.0 Å². The standard InChI is InChI=1S/C19H20FN3O2S/c1-26-15-6-4-5-14(13-15)21-18(24)19(25)23-11-9-22(10-12-23)17-8-3-2-7-16(17)20/h2-8,13H,9-12H2,1H3,(H,21,24). The molecule has 0 atom stereocenters. The largest absolute Gasteiger partial charge is 0.366 e. The van der Waals surface area contributed by atoms with Crippen molar-refractivity contribution < 1.29 is 14.0 Å². The number of thioether (sulfide) groups is 1. The van der Waals surface area contributed by atoms with E-state index in [0.717, 1.165) is 4.90 Å². The van der Waals surface area contributed by atoms with Gasteiger partial charge < -0.3 is 15.1 Å². The Morgan fingerprint density at radius 3 is 2.46 bits per heavy atom. The van der Waals surface area contributed by atoms with Crippen molar-refractivity contribution in [3.05, 3.63) is 54.3 Å². The fraction of sp³-hybridized carbons (Fsp3) is 0.263. The van der Waals surface area contributed by atoms with Crippen LogP contribution in [0.4, 0.5) is 15.8 Å². The molecule has 2 aromatic carbocycles. The van der Waals surface area contributed by atoms with Gasteiger partial charge in [-0.15, -0.1) is 11.8 Å². The summed E-state index contributed by atoms with van der Waals surface area (Å²) in [5.74, 6) is -1.49. The number of benzene rings is 2. The minimum Gasteiger partial charge on any atom is -0.366 e. The molecule has 1 saturated heterocycles. The first-order valence-electron chi connectivity index (χ1n) is 8.32. The minimum absolute atomic E-state index is 0.279. The van der Waals surface area contributed by atoms with Gasteiger partial charge in [0.1, 0.15) is 5.82 Å². The molecule has 0 spiro atoms. The molecule has 0 radical (unpaired) electrons. The molecule has 0 aromatic heterocycles. The van der Waals surface area contributed by atoms with E-state index in [2.05, 4.69) is 5.32 Å². The zero-order valence-corrected chi connectivity index (χ0v) is 15.3. The van der Waals surface area contributed by atoms with Crippen LogP contribution in [0.1, 0.15) is 0 Å². The van der Waals surface area contributed by atoms with Gasteiger partial charge in [-0.3, -0.25) is 9.59 Å². The number of rotatable bonds is 3. The van der Waals surface area contributed by atoms with Crippen LogP contribution < -0.4 is 10.2 Å². The van der Waals surface area contributed by atoms with Gasteiger partial charge in [0.25, 0.3) is 0 Å². The molecule has 0 bridgehead atoms. The second kappa shape index (κ2) is 8.23. The molecule has 26 heavy (non-hydrogen) atoms. The van der Waals surface area contributed by atoms with Gasteiger partial charge in [-0.25, -0.2) is 4.39 Å². The van der Waals surface area contributed by atoms with Gasteiger partial charge in [0.2, 0.25) is 0 Å². The first-order valence-corrected chi connectivity index (χ1v) is 9.55. The van der Waals surface area contributed by atoms with Crippen molar-refractivity contribution >= 4 is 35.0 Å². The van der Waals surface area contributed by atoms with Gasteiger partial charge in [-0.2, -0.15) is 0 Å². The van der Waals surface area contributed by atoms with Crippen molar-refractivity contribution in [2.45, 2.75) is 4.90 Å². The lowest BCUT2D eigenvalue weighted by atomic mass is 10.2. The number of carbonyl (C=O) groups is 2. The average Bonchev–Trinajstić information content (AvgIpc) is 2.68. The van der Waals surface area contributed by atoms with E-state index in [-0.39, 0.29) is 5.82 Å². The number of hydrogen-bond acceptors (Lipinski definition) is 4. The van der Waals surface area contributed by atoms with E-state index < -0.39 is 11.8 Å². The molecule has 1 heterocycles. The van der Waals surface area contributed by atoms with Crippen LogP contribution >= 0.6 is 11.8 Å². The van der Waals surface area contributed by atoms with Crippen molar-refractivity contribution in [2.24, 2.45) is 0 Å². The second-order valence-corrected chi connectivity index (χ2v) is 6.80. The molecule has 7 heteroatoms. The van der Waals surface area contributed by atoms with Crippen molar-refractivity contribution in [1.29, 1.82) is 0 Å². The molecule has 2 amide bonds. The van der Waals surface area contributed by atoms with Gasteiger partial charge in [0.15, 0.2) is 0 Å². The van der Waals surface area contributed by atoms with Crippen LogP contribution in [0, 0.1) is 5.82 Å². The van der Waals surface area contributed by atoms with Crippen LogP contribution in [0.25, 0.3) is 0 Å². The Morgan fingerprint density at radius 2 is 1.77 bits per heavy atom. The summed E-state index contributed by atoms with van der Waals surface area (Å²) in [7, 11) is 0. The van der Waals surface area contributed by atoms with Gasteiger partial charge in [0.05, 0.1) is 5.69 Å². The topological polar surface area (TPSA) is 52.7 Å². The summed E-state index contributed by atoms with van der Waals surface area (Å²) in [6.07, 6.45) is 1.95. The summed E-state index contributed by atoms with van der Waals surface area (Å²) < 4.78 is 13.9. The molecule has 1 aliphatic heterocycles. The van der Waals surface area contributed by atoms with Gasteiger partial charge in [0, 0.05) is 36.8 Å². The van der Waals surface area contributed by atoms with E-state index in [0.29, 0.717) is 37.6 Å². The minimum atomic E-state index is -0.650. The molecule has 136 valence electrons. The maximum Gasteiger partial charge on any atom is 0.313 e. The van der Waals surface area contributed by atoms with Crippen molar-refractivity contribution in [3.8, 4) is 0 Å². The molecule has 0 unspecified atom stereocenters. The molecule has 3 rings (SSSR count). The van der Waals surface area contributed by atoms with Crippen LogP contribution in [0.15, 0.2) is 53.4 Å². The van der Waals surface area contributed by atoms with Crippen LogP contribution in [0.2, 0.25) is 0 Å². The fourth-order valence-corrected chi connectivity index (χ4v) is 3.35. The number of carbonyl (C=O) groups excluding carboxylic acids is 2. The van der Waals surface area contributed by atoms with E-state index in [1.807, 2.05) is 29.4 Å². The maximum absolute atomic E-state index is 13.9. The van der Waals surface area contributed by atoms with Crippen LogP contribution in [-0.4, -0.2) is 49.1 Å². The zero-order valence-electron chi connectivity index (χ0n) is 14.4. The highest BCUT2D eigenvalue weighted by Gasteiger charge is 2.27. The second-order valence-electron chi connectivity index (χ2n) is 5.92. The molecule has 0 aliphatic carbocycles. The van der Waals surface area contributed by atoms with Crippen molar-refractivity contribution in [2.75, 3.05) is 42.7 Å². The third-order valence-electron chi connectivity index (χ3n) is 4.28. The lowest BCUT2D eigenvalue weighted by Gasteiger charge is -2.35. The Kier molecular flexibility index (Phi) is 5.78. The molecular weight excluding hydrogens is 353 g/mol. The highest BCUT2D eigenvalue weighted by atomic mass is 32.2. The number of amides is 2.